The van der Waals surface area contributed by atoms with Gasteiger partial charge in [0.15, 0.2) is 0 Å². The SMILES string of the molecule is COC[C@H]1CN(c2cncc(-c3cccs3)n2)CCO1. The van der Waals surface area contributed by atoms with Gasteiger partial charge in [-0.3, -0.25) is 4.98 Å². The lowest BCUT2D eigenvalue weighted by atomic mass is 10.3. The third-order valence-electron chi connectivity index (χ3n) is 3.21. The molecule has 0 amide bonds. The Hall–Kier alpha value is -1.50. The molecule has 0 aromatic carbocycles. The first-order valence-electron chi connectivity index (χ1n) is 6.58. The van der Waals surface area contributed by atoms with Crippen LogP contribution in [0.15, 0.2) is 29.9 Å². The Bertz CT molecular complexity index is 545. The molecule has 0 saturated carbocycles. The van der Waals surface area contributed by atoms with Gasteiger partial charge in [-0.2, -0.15) is 0 Å². The van der Waals surface area contributed by atoms with Crippen LogP contribution in [-0.4, -0.2) is 49.5 Å². The summed E-state index contributed by atoms with van der Waals surface area (Å²) in [7, 11) is 1.69. The highest BCUT2D eigenvalue weighted by Crippen LogP contribution is 2.24. The van der Waals surface area contributed by atoms with Crippen LogP contribution in [0, 0.1) is 0 Å². The van der Waals surface area contributed by atoms with Crippen molar-refractivity contribution in [1.82, 2.24) is 9.97 Å². The van der Waals surface area contributed by atoms with Gasteiger partial charge in [0.2, 0.25) is 0 Å². The Labute approximate surface area is 122 Å². The van der Waals surface area contributed by atoms with Crippen molar-refractivity contribution < 1.29 is 9.47 Å². The van der Waals surface area contributed by atoms with Crippen LogP contribution < -0.4 is 4.90 Å². The largest absolute Gasteiger partial charge is 0.382 e. The molecule has 1 aliphatic rings. The Kier molecular flexibility index (Phi) is 4.25. The number of ether oxygens (including phenoxy) is 2. The predicted molar refractivity (Wildman–Crippen MR) is 79.2 cm³/mol. The Morgan fingerprint density at radius 3 is 3.25 bits per heavy atom. The zero-order valence-electron chi connectivity index (χ0n) is 11.4. The molecule has 0 radical (unpaired) electrons. The first-order chi connectivity index (χ1) is 9.86. The molecule has 0 bridgehead atoms. The minimum absolute atomic E-state index is 0.0981. The first-order valence-corrected chi connectivity index (χ1v) is 7.46. The molecule has 106 valence electrons. The molecule has 5 nitrogen and oxygen atoms in total. The summed E-state index contributed by atoms with van der Waals surface area (Å²) in [5.74, 6) is 0.903. The van der Waals surface area contributed by atoms with Crippen LogP contribution in [-0.2, 0) is 9.47 Å². The molecule has 1 aliphatic heterocycles. The molecule has 0 N–H and O–H groups in total. The monoisotopic (exact) mass is 291 g/mol. The molecular weight excluding hydrogens is 274 g/mol. The van der Waals surface area contributed by atoms with Crippen molar-refractivity contribution in [3.63, 3.8) is 0 Å². The van der Waals surface area contributed by atoms with Crippen molar-refractivity contribution in [3.8, 4) is 10.6 Å². The lowest BCUT2D eigenvalue weighted by Crippen LogP contribution is -2.44. The molecule has 3 heterocycles. The number of morpholine rings is 1. The van der Waals surface area contributed by atoms with Gasteiger partial charge in [0, 0.05) is 20.2 Å². The maximum Gasteiger partial charge on any atom is 0.148 e. The van der Waals surface area contributed by atoms with E-state index in [2.05, 4.69) is 16.0 Å². The Balaban J connectivity index is 1.78. The number of nitrogens with zero attached hydrogens (tertiary/aromatic N) is 3. The standard InChI is InChI=1S/C14H17N3O2S/c1-18-10-11-9-17(4-5-19-11)14-8-15-7-12(16-14)13-3-2-6-20-13/h2-3,6-8,11H,4-5,9-10H2,1H3/t11-/m1/s1. The fourth-order valence-electron chi connectivity index (χ4n) is 2.27. The number of methoxy groups -OCH3 is 1. The van der Waals surface area contributed by atoms with Gasteiger partial charge in [0.1, 0.15) is 11.5 Å². The minimum Gasteiger partial charge on any atom is -0.382 e. The van der Waals surface area contributed by atoms with E-state index >= 15 is 0 Å². The van der Waals surface area contributed by atoms with E-state index < -0.39 is 0 Å². The summed E-state index contributed by atoms with van der Waals surface area (Å²) in [4.78, 5) is 12.4. The fourth-order valence-corrected chi connectivity index (χ4v) is 2.95. The molecule has 3 rings (SSSR count). The van der Waals surface area contributed by atoms with E-state index in [1.165, 1.54) is 0 Å². The van der Waals surface area contributed by atoms with Crippen LogP contribution in [0.5, 0.6) is 0 Å². The van der Waals surface area contributed by atoms with E-state index in [1.807, 2.05) is 23.8 Å². The zero-order valence-corrected chi connectivity index (χ0v) is 12.2. The summed E-state index contributed by atoms with van der Waals surface area (Å²) in [6, 6.07) is 4.09. The summed E-state index contributed by atoms with van der Waals surface area (Å²) in [5.41, 5.74) is 0.923. The number of anilines is 1. The van der Waals surface area contributed by atoms with E-state index in [4.69, 9.17) is 14.5 Å². The number of thiophene rings is 1. The lowest BCUT2D eigenvalue weighted by molar-refractivity contribution is -0.0102. The molecule has 0 spiro atoms. The van der Waals surface area contributed by atoms with E-state index in [0.717, 1.165) is 29.5 Å². The molecule has 20 heavy (non-hydrogen) atoms. The molecule has 6 heteroatoms. The zero-order chi connectivity index (χ0) is 13.8. The molecule has 1 saturated heterocycles. The Morgan fingerprint density at radius 2 is 2.45 bits per heavy atom. The number of hydrogen-bond donors (Lipinski definition) is 0. The van der Waals surface area contributed by atoms with Gasteiger partial charge in [0.05, 0.1) is 36.6 Å². The van der Waals surface area contributed by atoms with Crippen LogP contribution in [0.1, 0.15) is 0 Å². The lowest BCUT2D eigenvalue weighted by Gasteiger charge is -2.33. The second-order valence-electron chi connectivity index (χ2n) is 4.63. The molecule has 2 aromatic rings. The van der Waals surface area contributed by atoms with E-state index in [9.17, 15) is 0 Å². The van der Waals surface area contributed by atoms with E-state index in [-0.39, 0.29) is 6.10 Å². The third-order valence-corrected chi connectivity index (χ3v) is 4.10. The maximum atomic E-state index is 5.66. The minimum atomic E-state index is 0.0981. The average Bonchev–Trinajstić information content (AvgIpc) is 3.02. The first kappa shape index (κ1) is 13.5. The van der Waals surface area contributed by atoms with Gasteiger partial charge in [-0.15, -0.1) is 11.3 Å². The van der Waals surface area contributed by atoms with Gasteiger partial charge in [-0.1, -0.05) is 6.07 Å². The summed E-state index contributed by atoms with van der Waals surface area (Å²) in [6.07, 6.45) is 3.72. The van der Waals surface area contributed by atoms with Crippen molar-refractivity contribution >= 4 is 17.2 Å². The second-order valence-corrected chi connectivity index (χ2v) is 5.58. The quantitative estimate of drug-likeness (QED) is 0.863. The highest BCUT2D eigenvalue weighted by Gasteiger charge is 2.21. The smallest absolute Gasteiger partial charge is 0.148 e. The molecule has 0 aliphatic carbocycles. The van der Waals surface area contributed by atoms with Crippen LogP contribution in [0.25, 0.3) is 10.6 Å². The average molecular weight is 291 g/mol. The van der Waals surface area contributed by atoms with Gasteiger partial charge >= 0.3 is 0 Å². The highest BCUT2D eigenvalue weighted by atomic mass is 32.1. The van der Waals surface area contributed by atoms with Crippen LogP contribution >= 0.6 is 11.3 Å². The van der Waals surface area contributed by atoms with Crippen LogP contribution in [0.4, 0.5) is 5.82 Å². The molecule has 1 atom stereocenters. The van der Waals surface area contributed by atoms with E-state index in [1.54, 1.807) is 18.4 Å². The van der Waals surface area contributed by atoms with Gasteiger partial charge < -0.3 is 14.4 Å². The van der Waals surface area contributed by atoms with Gasteiger partial charge in [-0.05, 0) is 11.4 Å². The van der Waals surface area contributed by atoms with Gasteiger partial charge in [0.25, 0.3) is 0 Å². The van der Waals surface area contributed by atoms with Crippen molar-refractivity contribution in [2.45, 2.75) is 6.10 Å². The highest BCUT2D eigenvalue weighted by molar-refractivity contribution is 7.13. The Morgan fingerprint density at radius 1 is 1.50 bits per heavy atom. The number of aromatic nitrogens is 2. The molecule has 1 fully saturated rings. The maximum absolute atomic E-state index is 5.66. The van der Waals surface area contributed by atoms with Crippen LogP contribution in [0.2, 0.25) is 0 Å². The fraction of sp³-hybridized carbons (Fsp3) is 0.429. The van der Waals surface area contributed by atoms with Crippen molar-refractivity contribution in [2.75, 3.05) is 38.3 Å². The molecule has 2 aromatic heterocycles. The number of rotatable bonds is 4. The summed E-state index contributed by atoms with van der Waals surface area (Å²) >= 11 is 1.67. The third kappa shape index (κ3) is 2.98. The van der Waals surface area contributed by atoms with Crippen molar-refractivity contribution in [2.24, 2.45) is 0 Å². The topological polar surface area (TPSA) is 47.5 Å². The van der Waals surface area contributed by atoms with E-state index in [0.29, 0.717) is 13.2 Å². The van der Waals surface area contributed by atoms with Crippen molar-refractivity contribution in [3.05, 3.63) is 29.9 Å². The number of hydrogen-bond acceptors (Lipinski definition) is 6. The second kappa shape index (κ2) is 6.30. The molecule has 0 unspecified atom stereocenters. The van der Waals surface area contributed by atoms with Crippen LogP contribution in [0.3, 0.4) is 0 Å². The predicted octanol–water partition coefficient (Wildman–Crippen LogP) is 2.06. The normalized spacial score (nSPS) is 19.2. The summed E-state index contributed by atoms with van der Waals surface area (Å²) in [5, 5.41) is 2.05. The van der Waals surface area contributed by atoms with Gasteiger partial charge in [-0.25, -0.2) is 4.98 Å². The summed E-state index contributed by atoms with van der Waals surface area (Å²) < 4.78 is 10.8. The molecular formula is C14H17N3O2S. The van der Waals surface area contributed by atoms with Crippen molar-refractivity contribution in [1.29, 1.82) is 0 Å². The summed E-state index contributed by atoms with van der Waals surface area (Å²) in [6.45, 7) is 2.92.